The largest absolute Gasteiger partial charge is 0.353 e. The molecule has 2 amide bonds. The van der Waals surface area contributed by atoms with Crippen molar-refractivity contribution in [2.45, 2.75) is 55.8 Å². The SMILES string of the molecule is O=C(CC1C(=O)NCCN1S(=O)(=O)c1ccc(Cl)cc1)N[C@@H]1CCCc2cc(CNCc3ccccc3)ccc21. The summed E-state index contributed by atoms with van der Waals surface area (Å²) in [6.45, 7) is 1.80. The molecule has 0 saturated carbocycles. The Morgan fingerprint density at radius 2 is 1.75 bits per heavy atom. The molecule has 1 aliphatic heterocycles. The highest BCUT2D eigenvalue weighted by atomic mass is 35.5. The lowest BCUT2D eigenvalue weighted by molar-refractivity contribution is -0.132. The van der Waals surface area contributed by atoms with Gasteiger partial charge < -0.3 is 16.0 Å². The number of hydrogen-bond acceptors (Lipinski definition) is 5. The van der Waals surface area contributed by atoms with Crippen LogP contribution in [-0.4, -0.2) is 43.7 Å². The van der Waals surface area contributed by atoms with Crippen LogP contribution in [0.3, 0.4) is 0 Å². The number of carbonyl (C=O) groups is 2. The van der Waals surface area contributed by atoms with E-state index in [9.17, 15) is 18.0 Å². The predicted molar refractivity (Wildman–Crippen MR) is 154 cm³/mol. The van der Waals surface area contributed by atoms with Crippen LogP contribution < -0.4 is 16.0 Å². The van der Waals surface area contributed by atoms with E-state index in [4.69, 9.17) is 11.6 Å². The highest BCUT2D eigenvalue weighted by Gasteiger charge is 2.40. The number of halogens is 1. The molecule has 40 heavy (non-hydrogen) atoms. The molecule has 1 saturated heterocycles. The summed E-state index contributed by atoms with van der Waals surface area (Å²) in [4.78, 5) is 26.0. The molecule has 0 bridgehead atoms. The second kappa shape index (κ2) is 12.5. The van der Waals surface area contributed by atoms with Gasteiger partial charge >= 0.3 is 0 Å². The van der Waals surface area contributed by atoms with Crippen LogP contribution in [0.5, 0.6) is 0 Å². The molecule has 1 heterocycles. The fraction of sp³-hybridized carbons (Fsp3) is 0.333. The number of piperazine rings is 1. The fourth-order valence-electron chi connectivity index (χ4n) is 5.42. The molecule has 8 nitrogen and oxygen atoms in total. The van der Waals surface area contributed by atoms with Crippen molar-refractivity contribution in [2.75, 3.05) is 13.1 Å². The molecule has 1 aliphatic carbocycles. The maximum Gasteiger partial charge on any atom is 0.243 e. The second-order valence-corrected chi connectivity index (χ2v) is 12.5. The van der Waals surface area contributed by atoms with Gasteiger partial charge in [-0.1, -0.05) is 60.1 Å². The minimum Gasteiger partial charge on any atom is -0.353 e. The van der Waals surface area contributed by atoms with Crippen molar-refractivity contribution in [3.05, 3.63) is 100 Å². The Kier molecular flexibility index (Phi) is 8.85. The van der Waals surface area contributed by atoms with Crippen molar-refractivity contribution >= 4 is 33.4 Å². The van der Waals surface area contributed by atoms with Crippen molar-refractivity contribution < 1.29 is 18.0 Å². The van der Waals surface area contributed by atoms with Crippen LogP contribution >= 0.6 is 11.6 Å². The van der Waals surface area contributed by atoms with Gasteiger partial charge in [0, 0.05) is 31.2 Å². The first-order valence-corrected chi connectivity index (χ1v) is 15.3. The van der Waals surface area contributed by atoms with E-state index in [-0.39, 0.29) is 36.4 Å². The van der Waals surface area contributed by atoms with Crippen LogP contribution in [0.4, 0.5) is 0 Å². The third-order valence-electron chi connectivity index (χ3n) is 7.44. The van der Waals surface area contributed by atoms with E-state index in [1.807, 2.05) is 18.2 Å². The lowest BCUT2D eigenvalue weighted by Crippen LogP contribution is -2.58. The maximum atomic E-state index is 13.3. The standard InChI is InChI=1S/C30H33ClN4O4S/c31-24-10-12-25(13-11-24)40(38,39)35-16-15-33-30(37)28(35)18-29(36)34-27-8-4-7-23-17-22(9-14-26(23)27)20-32-19-21-5-2-1-3-6-21/h1-3,5-6,9-14,17,27-28,32H,4,7-8,15-16,18-20H2,(H,33,37)(H,34,36)/t27-,28?/m1/s1. The van der Waals surface area contributed by atoms with Crippen LogP contribution in [0.1, 0.15) is 47.6 Å². The summed E-state index contributed by atoms with van der Waals surface area (Å²) in [5, 5.41) is 9.67. The normalized spacial score (nSPS) is 19.5. The summed E-state index contributed by atoms with van der Waals surface area (Å²) in [5.41, 5.74) is 4.70. The molecule has 0 radical (unpaired) electrons. The summed E-state index contributed by atoms with van der Waals surface area (Å²) < 4.78 is 27.8. The zero-order valence-corrected chi connectivity index (χ0v) is 23.7. The third-order valence-corrected chi connectivity index (χ3v) is 9.61. The second-order valence-electron chi connectivity index (χ2n) is 10.2. The number of carbonyl (C=O) groups excluding carboxylic acids is 2. The number of aryl methyl sites for hydroxylation is 1. The first kappa shape index (κ1) is 28.3. The van der Waals surface area contributed by atoms with Gasteiger partial charge in [0.05, 0.1) is 17.4 Å². The molecule has 1 fully saturated rings. The van der Waals surface area contributed by atoms with Gasteiger partial charge in [0.1, 0.15) is 6.04 Å². The molecular formula is C30H33ClN4O4S. The van der Waals surface area contributed by atoms with Crippen LogP contribution in [0.2, 0.25) is 5.02 Å². The Hall–Kier alpha value is -3.24. The molecule has 210 valence electrons. The molecule has 3 N–H and O–H groups in total. The minimum atomic E-state index is -3.99. The molecule has 10 heteroatoms. The molecule has 1 unspecified atom stereocenters. The summed E-state index contributed by atoms with van der Waals surface area (Å²) >= 11 is 5.92. The summed E-state index contributed by atoms with van der Waals surface area (Å²) in [5.74, 6) is -0.833. The van der Waals surface area contributed by atoms with E-state index in [1.165, 1.54) is 41.0 Å². The van der Waals surface area contributed by atoms with Crippen LogP contribution in [0.25, 0.3) is 0 Å². The Balaban J connectivity index is 1.24. The van der Waals surface area contributed by atoms with Crippen LogP contribution in [0.15, 0.2) is 77.7 Å². The highest BCUT2D eigenvalue weighted by Crippen LogP contribution is 2.31. The Labute approximate surface area is 240 Å². The van der Waals surface area contributed by atoms with Crippen molar-refractivity contribution in [1.29, 1.82) is 0 Å². The molecule has 2 aliphatic rings. The van der Waals surface area contributed by atoms with Gasteiger partial charge in [-0.05, 0) is 65.8 Å². The Morgan fingerprint density at radius 1 is 1.00 bits per heavy atom. The third kappa shape index (κ3) is 6.55. The zero-order chi connectivity index (χ0) is 28.1. The molecule has 5 rings (SSSR count). The molecule has 3 aromatic rings. The molecule has 0 spiro atoms. The molecule has 3 aromatic carbocycles. The first-order valence-electron chi connectivity index (χ1n) is 13.5. The Morgan fingerprint density at radius 3 is 2.52 bits per heavy atom. The smallest absolute Gasteiger partial charge is 0.243 e. The van der Waals surface area contributed by atoms with Gasteiger partial charge in [0.15, 0.2) is 0 Å². The first-order chi connectivity index (χ1) is 19.3. The maximum absolute atomic E-state index is 13.3. The summed E-state index contributed by atoms with van der Waals surface area (Å²) in [7, 11) is -3.99. The van der Waals surface area contributed by atoms with E-state index in [2.05, 4.69) is 46.3 Å². The van der Waals surface area contributed by atoms with E-state index in [0.29, 0.717) is 5.02 Å². The van der Waals surface area contributed by atoms with E-state index >= 15 is 0 Å². The number of sulfonamides is 1. The van der Waals surface area contributed by atoms with Gasteiger partial charge in [-0.25, -0.2) is 8.42 Å². The van der Waals surface area contributed by atoms with Gasteiger partial charge in [0.2, 0.25) is 21.8 Å². The van der Waals surface area contributed by atoms with Gasteiger partial charge in [0.25, 0.3) is 0 Å². The van der Waals surface area contributed by atoms with Gasteiger partial charge in [-0.15, -0.1) is 0 Å². The average Bonchev–Trinajstić information content (AvgIpc) is 2.95. The molecule has 2 atom stereocenters. The van der Waals surface area contributed by atoms with Gasteiger partial charge in [-0.3, -0.25) is 9.59 Å². The van der Waals surface area contributed by atoms with E-state index in [0.717, 1.165) is 42.2 Å². The monoisotopic (exact) mass is 580 g/mol. The van der Waals surface area contributed by atoms with Crippen molar-refractivity contribution in [1.82, 2.24) is 20.3 Å². The quantitative estimate of drug-likeness (QED) is 0.358. The minimum absolute atomic E-state index is 0.0345. The topological polar surface area (TPSA) is 108 Å². The van der Waals surface area contributed by atoms with Crippen molar-refractivity contribution in [3.8, 4) is 0 Å². The number of amides is 2. The molecule has 0 aromatic heterocycles. The van der Waals surface area contributed by atoms with Crippen LogP contribution in [-0.2, 0) is 39.1 Å². The highest BCUT2D eigenvalue weighted by molar-refractivity contribution is 7.89. The van der Waals surface area contributed by atoms with Crippen LogP contribution in [0, 0.1) is 0 Å². The number of fused-ring (bicyclic) bond motifs is 1. The van der Waals surface area contributed by atoms with Crippen molar-refractivity contribution in [2.24, 2.45) is 0 Å². The Bertz CT molecular complexity index is 1460. The van der Waals surface area contributed by atoms with Gasteiger partial charge in [-0.2, -0.15) is 4.31 Å². The number of hydrogen-bond donors (Lipinski definition) is 3. The lowest BCUT2D eigenvalue weighted by Gasteiger charge is -2.34. The number of rotatable bonds is 9. The fourth-order valence-corrected chi connectivity index (χ4v) is 7.14. The number of nitrogens with one attached hydrogen (secondary N) is 3. The van der Waals surface area contributed by atoms with E-state index < -0.39 is 22.0 Å². The lowest BCUT2D eigenvalue weighted by atomic mass is 9.86. The predicted octanol–water partition coefficient (Wildman–Crippen LogP) is 3.70. The van der Waals surface area contributed by atoms with E-state index in [1.54, 1.807) is 0 Å². The average molecular weight is 581 g/mol. The van der Waals surface area contributed by atoms with Crippen molar-refractivity contribution in [3.63, 3.8) is 0 Å². The number of benzene rings is 3. The zero-order valence-electron chi connectivity index (χ0n) is 22.1. The molecular weight excluding hydrogens is 548 g/mol. The summed E-state index contributed by atoms with van der Waals surface area (Å²) in [6.07, 6.45) is 2.40. The number of nitrogens with zero attached hydrogens (tertiary/aromatic N) is 1. The summed E-state index contributed by atoms with van der Waals surface area (Å²) in [6, 6.07) is 21.1.